The average molecular weight is 846 g/mol. The van der Waals surface area contributed by atoms with Gasteiger partial charge in [0.1, 0.15) is 17.3 Å². The fourth-order valence-electron chi connectivity index (χ4n) is 6.79. The van der Waals surface area contributed by atoms with Crippen molar-refractivity contribution in [1.82, 2.24) is 29.9 Å². The van der Waals surface area contributed by atoms with Crippen molar-refractivity contribution in [2.45, 2.75) is 64.4 Å². The molecule has 1 fully saturated rings. The van der Waals surface area contributed by atoms with Gasteiger partial charge in [0.25, 0.3) is 5.56 Å². The number of fused-ring (bicyclic) bond motifs is 1. The van der Waals surface area contributed by atoms with E-state index in [4.69, 9.17) is 47.1 Å². The Morgan fingerprint density at radius 1 is 0.966 bits per heavy atom. The number of rotatable bonds is 14. The molecule has 1 saturated heterocycles. The lowest BCUT2D eigenvalue weighted by molar-refractivity contribution is -0.144. The summed E-state index contributed by atoms with van der Waals surface area (Å²) in [5.41, 5.74) is 4.33. The van der Waals surface area contributed by atoms with Gasteiger partial charge in [-0.15, -0.1) is 0 Å². The minimum atomic E-state index is -0.746. The van der Waals surface area contributed by atoms with Crippen LogP contribution in [0.5, 0.6) is 5.88 Å². The Hall–Kier alpha value is -5.54. The van der Waals surface area contributed by atoms with Gasteiger partial charge < -0.3 is 29.2 Å². The fourth-order valence-corrected chi connectivity index (χ4v) is 7.45. The van der Waals surface area contributed by atoms with E-state index >= 15 is 0 Å². The molecule has 6 rings (SSSR count). The topological polar surface area (TPSA) is 163 Å². The number of nitrogens with zero attached hydrogens (tertiary/aromatic N) is 4. The van der Waals surface area contributed by atoms with Crippen LogP contribution in [0.25, 0.3) is 39.2 Å². The van der Waals surface area contributed by atoms with Crippen LogP contribution in [0.3, 0.4) is 0 Å². The van der Waals surface area contributed by atoms with E-state index in [9.17, 15) is 19.2 Å². The van der Waals surface area contributed by atoms with Gasteiger partial charge in [-0.3, -0.25) is 24.1 Å². The summed E-state index contributed by atoms with van der Waals surface area (Å²) in [4.78, 5) is 61.6. The standard InChI is InChI=1S/C43H46Cl2N6O8/c1-43(2,3)59-42(55)50(23-28-14-16-36(52)48-28)22-26-13-15-33(49-39(26)57-5)32-12-8-11-31(38(32)45)30-10-7-9-29(37(30)44)25-17-18-51-35(19-25)47-21-27(40(51)53)20-46-34(24-56-4)41(54)58-6/h7-13,15,17-19,21,28,34,46H,14,16,20,22-24H2,1-6H3,(H,48,52)/t28-,34+/m0/s1. The molecule has 16 heteroatoms. The molecule has 0 unspecified atom stereocenters. The molecule has 3 aromatic heterocycles. The van der Waals surface area contributed by atoms with Crippen LogP contribution in [0, 0.1) is 0 Å². The number of benzene rings is 2. The highest BCUT2D eigenvalue weighted by atomic mass is 35.5. The highest BCUT2D eigenvalue weighted by Gasteiger charge is 2.29. The molecule has 2 N–H and O–H groups in total. The molecule has 14 nitrogen and oxygen atoms in total. The summed E-state index contributed by atoms with van der Waals surface area (Å²) in [6.45, 7) is 5.96. The van der Waals surface area contributed by atoms with Gasteiger partial charge in [0.05, 0.1) is 48.7 Å². The lowest BCUT2D eigenvalue weighted by Gasteiger charge is -2.29. The summed E-state index contributed by atoms with van der Waals surface area (Å²) in [5.74, 6) is -0.246. The first-order chi connectivity index (χ1) is 28.2. The SMILES string of the molecule is COC[C@@H](NCc1cnc2cc(-c3cccc(-c4cccc(-c5ccc(CN(C[C@@H]6CCC(=O)N6)C(=O)OC(C)(C)C)c(OC)n5)c4Cl)c3Cl)ccn2c1=O)C(=O)OC. The molecular weight excluding hydrogens is 799 g/mol. The molecule has 310 valence electrons. The van der Waals surface area contributed by atoms with Crippen LogP contribution < -0.4 is 20.9 Å². The monoisotopic (exact) mass is 844 g/mol. The number of ether oxygens (including phenoxy) is 4. The first-order valence-electron chi connectivity index (χ1n) is 18.9. The summed E-state index contributed by atoms with van der Waals surface area (Å²) >= 11 is 14.3. The third-order valence-corrected chi connectivity index (χ3v) is 10.5. The van der Waals surface area contributed by atoms with Crippen LogP contribution in [0.15, 0.2) is 77.9 Å². The number of hydrogen-bond acceptors (Lipinski definition) is 11. The number of pyridine rings is 2. The van der Waals surface area contributed by atoms with Crippen molar-refractivity contribution >= 4 is 46.8 Å². The summed E-state index contributed by atoms with van der Waals surface area (Å²) in [7, 11) is 4.27. The maximum atomic E-state index is 13.4. The van der Waals surface area contributed by atoms with Crippen molar-refractivity contribution in [2.24, 2.45) is 0 Å². The van der Waals surface area contributed by atoms with Gasteiger partial charge in [-0.2, -0.15) is 0 Å². The molecule has 2 aromatic carbocycles. The van der Waals surface area contributed by atoms with Crippen LogP contribution in [-0.4, -0.2) is 89.4 Å². The van der Waals surface area contributed by atoms with Crippen molar-refractivity contribution < 1.29 is 33.3 Å². The molecule has 2 amide bonds. The van der Waals surface area contributed by atoms with Crippen LogP contribution in [0.4, 0.5) is 4.79 Å². The maximum Gasteiger partial charge on any atom is 0.410 e. The van der Waals surface area contributed by atoms with Crippen LogP contribution in [-0.2, 0) is 36.9 Å². The van der Waals surface area contributed by atoms with E-state index in [-0.39, 0.29) is 43.7 Å². The summed E-state index contributed by atoms with van der Waals surface area (Å²) < 4.78 is 22.8. The number of nitrogens with one attached hydrogen (secondary N) is 2. The number of carbonyl (C=O) groups excluding carboxylic acids is 3. The molecule has 0 aliphatic carbocycles. The van der Waals surface area contributed by atoms with Gasteiger partial charge in [0.15, 0.2) is 0 Å². The van der Waals surface area contributed by atoms with E-state index in [1.165, 1.54) is 31.9 Å². The number of hydrogen-bond donors (Lipinski definition) is 2. The van der Waals surface area contributed by atoms with E-state index in [1.54, 1.807) is 44.0 Å². The minimum absolute atomic E-state index is 0.0463. The van der Waals surface area contributed by atoms with Gasteiger partial charge >= 0.3 is 12.1 Å². The number of aromatic nitrogens is 3. The zero-order valence-corrected chi connectivity index (χ0v) is 35.1. The smallest absolute Gasteiger partial charge is 0.410 e. The third kappa shape index (κ3) is 10.0. The molecule has 2 atom stereocenters. The Morgan fingerprint density at radius 3 is 2.31 bits per heavy atom. The molecule has 1 aliphatic heterocycles. The number of halogens is 2. The lowest BCUT2D eigenvalue weighted by atomic mass is 9.97. The Morgan fingerprint density at radius 2 is 1.66 bits per heavy atom. The molecule has 59 heavy (non-hydrogen) atoms. The van der Waals surface area contributed by atoms with E-state index in [0.29, 0.717) is 73.5 Å². The first kappa shape index (κ1) is 43.0. The quantitative estimate of drug-likeness (QED) is 0.114. The van der Waals surface area contributed by atoms with Gasteiger partial charge in [0.2, 0.25) is 11.8 Å². The summed E-state index contributed by atoms with van der Waals surface area (Å²) in [6.07, 6.45) is 3.62. The number of carbonyl (C=O) groups is 3. The molecular formula is C43H46Cl2N6O8. The molecule has 1 aliphatic rings. The maximum absolute atomic E-state index is 13.4. The largest absolute Gasteiger partial charge is 0.481 e. The highest BCUT2D eigenvalue weighted by molar-refractivity contribution is 6.39. The normalized spacial score (nSPS) is 14.5. The second-order valence-electron chi connectivity index (χ2n) is 15.0. The van der Waals surface area contributed by atoms with E-state index < -0.39 is 23.7 Å². The zero-order valence-electron chi connectivity index (χ0n) is 33.6. The predicted octanol–water partition coefficient (Wildman–Crippen LogP) is 6.70. The number of esters is 1. The Kier molecular flexibility index (Phi) is 13.6. The van der Waals surface area contributed by atoms with Crippen molar-refractivity contribution in [3.05, 3.63) is 105 Å². The van der Waals surface area contributed by atoms with Crippen molar-refractivity contribution in [2.75, 3.05) is 34.5 Å². The second kappa shape index (κ2) is 18.6. The summed E-state index contributed by atoms with van der Waals surface area (Å²) in [6, 6.07) is 17.5. The molecule has 0 spiro atoms. The van der Waals surface area contributed by atoms with Crippen LogP contribution in [0.2, 0.25) is 10.0 Å². The van der Waals surface area contributed by atoms with Gasteiger partial charge in [-0.1, -0.05) is 59.6 Å². The Labute approximate surface area is 351 Å². The zero-order chi connectivity index (χ0) is 42.4. The highest BCUT2D eigenvalue weighted by Crippen LogP contribution is 2.42. The molecule has 5 aromatic rings. The lowest BCUT2D eigenvalue weighted by Crippen LogP contribution is -2.43. The number of methoxy groups -OCH3 is 3. The molecule has 0 bridgehead atoms. The van der Waals surface area contributed by atoms with Gasteiger partial charge in [-0.05, 0) is 57.0 Å². The van der Waals surface area contributed by atoms with Crippen molar-refractivity contribution in [3.8, 4) is 39.4 Å². The molecule has 0 radical (unpaired) electrons. The van der Waals surface area contributed by atoms with Crippen LogP contribution in [0.1, 0.15) is 44.7 Å². The van der Waals surface area contributed by atoms with Crippen LogP contribution >= 0.6 is 23.2 Å². The Bertz CT molecular complexity index is 2430. The predicted molar refractivity (Wildman–Crippen MR) is 224 cm³/mol. The first-order valence-corrected chi connectivity index (χ1v) is 19.7. The Balaban J connectivity index is 1.26. The van der Waals surface area contributed by atoms with E-state index in [0.717, 1.165) is 5.56 Å². The average Bonchev–Trinajstić information content (AvgIpc) is 3.63. The van der Waals surface area contributed by atoms with E-state index in [2.05, 4.69) is 15.6 Å². The summed E-state index contributed by atoms with van der Waals surface area (Å²) in [5, 5.41) is 6.77. The van der Waals surface area contributed by atoms with Gasteiger partial charge in [0, 0.05) is 72.9 Å². The third-order valence-electron chi connectivity index (χ3n) is 9.68. The minimum Gasteiger partial charge on any atom is -0.481 e. The number of amides is 2. The van der Waals surface area contributed by atoms with Crippen molar-refractivity contribution in [3.63, 3.8) is 0 Å². The second-order valence-corrected chi connectivity index (χ2v) is 15.8. The van der Waals surface area contributed by atoms with Gasteiger partial charge in [-0.25, -0.2) is 14.8 Å². The van der Waals surface area contributed by atoms with Crippen molar-refractivity contribution in [1.29, 1.82) is 0 Å². The fraction of sp³-hybridized carbons (Fsp3) is 0.349. The van der Waals surface area contributed by atoms with E-state index in [1.807, 2.05) is 48.5 Å². The molecule has 0 saturated carbocycles. The molecule has 4 heterocycles.